The number of hydrogen-bond acceptors (Lipinski definition) is 3. The van der Waals surface area contributed by atoms with Gasteiger partial charge in [0, 0.05) is 36.3 Å². The van der Waals surface area contributed by atoms with Crippen LogP contribution in [0.3, 0.4) is 0 Å². The number of hydrogen-bond donors (Lipinski definition) is 1. The Hall–Kier alpha value is -3.45. The molecule has 3 aromatic carbocycles. The van der Waals surface area contributed by atoms with Gasteiger partial charge in [-0.1, -0.05) is 23.7 Å². The summed E-state index contributed by atoms with van der Waals surface area (Å²) in [5, 5.41) is 0.450. The number of rotatable bonds is 5. The third kappa shape index (κ3) is 3.90. The number of nitrogens with zero attached hydrogens (tertiary/aromatic N) is 2. The molecule has 3 aromatic rings. The molecule has 1 aliphatic carbocycles. The van der Waals surface area contributed by atoms with Crippen LogP contribution < -0.4 is 15.5 Å². The average Bonchev–Trinajstić information content (AvgIpc) is 3.42. The Morgan fingerprint density at radius 3 is 2.35 bits per heavy atom. The molecule has 0 bridgehead atoms. The van der Waals surface area contributed by atoms with Crippen LogP contribution in [-0.2, 0) is 0 Å². The Morgan fingerprint density at radius 2 is 1.71 bits per heavy atom. The van der Waals surface area contributed by atoms with Gasteiger partial charge >= 0.3 is 0 Å². The van der Waals surface area contributed by atoms with Gasteiger partial charge in [0.25, 0.3) is 5.91 Å². The van der Waals surface area contributed by atoms with Gasteiger partial charge in [-0.3, -0.25) is 9.59 Å². The number of amides is 2. The summed E-state index contributed by atoms with van der Waals surface area (Å²) >= 11 is 6.43. The Kier molecular flexibility index (Phi) is 5.52. The van der Waals surface area contributed by atoms with Crippen LogP contribution in [0.1, 0.15) is 27.1 Å². The lowest BCUT2D eigenvalue weighted by molar-refractivity contribution is 0.0981. The number of benzene rings is 3. The van der Waals surface area contributed by atoms with Gasteiger partial charge in [0.15, 0.2) is 0 Å². The number of halogens is 3. The summed E-state index contributed by atoms with van der Waals surface area (Å²) in [5.74, 6) is -1.93. The Bertz CT molecular complexity index is 1300. The van der Waals surface area contributed by atoms with E-state index in [1.807, 2.05) is 6.07 Å². The van der Waals surface area contributed by atoms with Crippen molar-refractivity contribution in [1.29, 1.82) is 0 Å². The fourth-order valence-electron chi connectivity index (χ4n) is 4.70. The second-order valence-electron chi connectivity index (χ2n) is 8.88. The summed E-state index contributed by atoms with van der Waals surface area (Å²) in [6.45, 7) is 1.68. The zero-order chi connectivity index (χ0) is 24.1. The van der Waals surface area contributed by atoms with Gasteiger partial charge in [-0.2, -0.15) is 0 Å². The van der Waals surface area contributed by atoms with Crippen LogP contribution in [0.5, 0.6) is 0 Å². The molecule has 1 saturated carbocycles. The number of piperidine rings is 1. The highest BCUT2D eigenvalue weighted by Gasteiger charge is 2.45. The maximum Gasteiger partial charge on any atom is 0.264 e. The van der Waals surface area contributed by atoms with Gasteiger partial charge in [-0.05, 0) is 66.3 Å². The molecule has 34 heavy (non-hydrogen) atoms. The molecule has 0 spiro atoms. The van der Waals surface area contributed by atoms with Crippen LogP contribution in [0, 0.1) is 23.5 Å². The molecular formula is C26H22ClF2N3O2. The normalized spacial score (nSPS) is 18.5. The molecule has 2 amide bonds. The second-order valence-corrected chi connectivity index (χ2v) is 9.29. The minimum absolute atomic E-state index is 0.328. The molecule has 5 rings (SSSR count). The summed E-state index contributed by atoms with van der Waals surface area (Å²) in [7, 11) is 1.50. The Labute approximate surface area is 200 Å². The number of anilines is 2. The van der Waals surface area contributed by atoms with Crippen LogP contribution in [0.2, 0.25) is 5.02 Å². The van der Waals surface area contributed by atoms with Crippen LogP contribution in [0.15, 0.2) is 54.6 Å². The number of fused-ring (bicyclic) bond motifs is 1. The van der Waals surface area contributed by atoms with E-state index in [0.717, 1.165) is 36.5 Å². The lowest BCUT2D eigenvalue weighted by Crippen LogP contribution is -2.31. The maximum absolute atomic E-state index is 14.3. The van der Waals surface area contributed by atoms with Crippen LogP contribution >= 0.6 is 11.6 Å². The van der Waals surface area contributed by atoms with E-state index in [9.17, 15) is 18.4 Å². The zero-order valence-electron chi connectivity index (χ0n) is 18.4. The molecule has 174 valence electrons. The fourth-order valence-corrected chi connectivity index (χ4v) is 4.93. The third-order valence-corrected chi connectivity index (χ3v) is 7.03. The fraction of sp³-hybridized carbons (Fsp3) is 0.231. The van der Waals surface area contributed by atoms with Gasteiger partial charge in [-0.15, -0.1) is 0 Å². The van der Waals surface area contributed by atoms with E-state index in [2.05, 4.69) is 4.90 Å². The smallest absolute Gasteiger partial charge is 0.264 e. The van der Waals surface area contributed by atoms with Crippen molar-refractivity contribution in [2.75, 3.05) is 29.9 Å². The summed E-state index contributed by atoms with van der Waals surface area (Å²) in [6, 6.07) is 13.6. The van der Waals surface area contributed by atoms with E-state index in [0.29, 0.717) is 33.7 Å². The van der Waals surface area contributed by atoms with Crippen molar-refractivity contribution in [2.45, 2.75) is 6.42 Å². The topological polar surface area (TPSA) is 66.6 Å². The van der Waals surface area contributed by atoms with E-state index in [1.54, 1.807) is 30.3 Å². The lowest BCUT2D eigenvalue weighted by atomic mass is 10.0. The standard InChI is InChI=1S/C26H22ClF2N3O2/c1-31(26(34)24-20(28)3-2-4-21(24)29)22-8-6-14(11-23(22)32-12-16-9-17(16)13-32)18-10-15(25(30)33)5-7-19(18)27/h2-8,10-11,16-17H,9,12-13H2,1H3,(H2,30,33). The lowest BCUT2D eigenvalue weighted by Gasteiger charge is -2.28. The van der Waals surface area contributed by atoms with Gasteiger partial charge < -0.3 is 15.5 Å². The van der Waals surface area contributed by atoms with E-state index < -0.39 is 29.0 Å². The molecule has 2 unspecified atom stereocenters. The van der Waals surface area contributed by atoms with Gasteiger partial charge in [0.1, 0.15) is 17.2 Å². The Balaban J connectivity index is 1.59. The van der Waals surface area contributed by atoms with Crippen LogP contribution in [0.4, 0.5) is 20.2 Å². The molecule has 1 aliphatic heterocycles. The second kappa shape index (κ2) is 8.40. The first kappa shape index (κ1) is 22.3. The molecule has 1 heterocycles. The first-order valence-corrected chi connectivity index (χ1v) is 11.3. The van der Waals surface area contributed by atoms with Crippen LogP contribution in [-0.4, -0.2) is 32.0 Å². The van der Waals surface area contributed by atoms with Gasteiger partial charge in [0.05, 0.1) is 11.4 Å². The molecule has 1 saturated heterocycles. The Morgan fingerprint density at radius 1 is 1.03 bits per heavy atom. The predicted octanol–water partition coefficient (Wildman–Crippen LogP) is 5.12. The van der Waals surface area contributed by atoms with E-state index in [4.69, 9.17) is 17.3 Å². The number of carbonyl (C=O) groups excluding carboxylic acids is 2. The van der Waals surface area contributed by atoms with Crippen molar-refractivity contribution in [3.63, 3.8) is 0 Å². The highest BCUT2D eigenvalue weighted by molar-refractivity contribution is 6.33. The van der Waals surface area contributed by atoms with Crippen molar-refractivity contribution in [2.24, 2.45) is 17.6 Å². The molecule has 2 atom stereocenters. The van der Waals surface area contributed by atoms with Crippen LogP contribution in [0.25, 0.3) is 11.1 Å². The van der Waals surface area contributed by atoms with Crippen molar-refractivity contribution in [3.8, 4) is 11.1 Å². The molecule has 0 radical (unpaired) electrons. The molecule has 8 heteroatoms. The first-order chi connectivity index (χ1) is 16.2. The summed E-state index contributed by atoms with van der Waals surface area (Å²) in [5.41, 5.74) is 7.83. The summed E-state index contributed by atoms with van der Waals surface area (Å²) in [4.78, 5) is 28.3. The summed E-state index contributed by atoms with van der Waals surface area (Å²) < 4.78 is 28.6. The first-order valence-electron chi connectivity index (χ1n) is 11.0. The van der Waals surface area contributed by atoms with Crippen molar-refractivity contribution in [3.05, 3.63) is 82.4 Å². The zero-order valence-corrected chi connectivity index (χ0v) is 19.2. The van der Waals surface area contributed by atoms with Crippen molar-refractivity contribution >= 4 is 34.8 Å². The largest absolute Gasteiger partial charge is 0.369 e. The molecule has 0 aromatic heterocycles. The maximum atomic E-state index is 14.3. The molecular weight excluding hydrogens is 460 g/mol. The average molecular weight is 482 g/mol. The molecule has 2 fully saturated rings. The van der Waals surface area contributed by atoms with E-state index >= 15 is 0 Å². The number of nitrogens with two attached hydrogens (primary N) is 1. The minimum atomic E-state index is -0.910. The summed E-state index contributed by atoms with van der Waals surface area (Å²) in [6.07, 6.45) is 1.19. The van der Waals surface area contributed by atoms with Gasteiger partial charge in [0.2, 0.25) is 5.91 Å². The third-order valence-electron chi connectivity index (χ3n) is 6.70. The van der Waals surface area contributed by atoms with Crippen molar-refractivity contribution in [1.82, 2.24) is 0 Å². The number of carbonyl (C=O) groups is 2. The highest BCUT2D eigenvalue weighted by atomic mass is 35.5. The highest BCUT2D eigenvalue weighted by Crippen LogP contribution is 2.48. The molecule has 5 nitrogen and oxygen atoms in total. The van der Waals surface area contributed by atoms with Crippen molar-refractivity contribution < 1.29 is 18.4 Å². The minimum Gasteiger partial charge on any atom is -0.369 e. The van der Waals surface area contributed by atoms with E-state index in [-0.39, 0.29) is 0 Å². The number of primary amides is 1. The molecule has 2 N–H and O–H groups in total. The predicted molar refractivity (Wildman–Crippen MR) is 128 cm³/mol. The SMILES string of the molecule is CN(C(=O)c1c(F)cccc1F)c1ccc(-c2cc(C(N)=O)ccc2Cl)cc1N1CC2CC2C1. The van der Waals surface area contributed by atoms with E-state index in [1.165, 1.54) is 24.4 Å². The monoisotopic (exact) mass is 481 g/mol. The molecule has 2 aliphatic rings. The quantitative estimate of drug-likeness (QED) is 0.550. The van der Waals surface area contributed by atoms with Gasteiger partial charge in [-0.25, -0.2) is 8.78 Å².